The second kappa shape index (κ2) is 10.8. The van der Waals surface area contributed by atoms with Gasteiger partial charge >= 0.3 is 0 Å². The molecule has 7 nitrogen and oxygen atoms in total. The van der Waals surface area contributed by atoms with Gasteiger partial charge in [0.15, 0.2) is 0 Å². The van der Waals surface area contributed by atoms with Crippen molar-refractivity contribution in [2.75, 3.05) is 26.2 Å². The van der Waals surface area contributed by atoms with E-state index in [0.717, 1.165) is 10.8 Å². The zero-order valence-electron chi connectivity index (χ0n) is 18.9. The van der Waals surface area contributed by atoms with E-state index in [-0.39, 0.29) is 30.7 Å². The summed E-state index contributed by atoms with van der Waals surface area (Å²) in [5.41, 5.74) is 0.566. The maximum absolute atomic E-state index is 12.7. The van der Waals surface area contributed by atoms with Crippen LogP contribution in [-0.2, 0) is 14.8 Å². The van der Waals surface area contributed by atoms with E-state index in [4.69, 9.17) is 0 Å². The van der Waals surface area contributed by atoms with E-state index in [1.165, 1.54) is 4.31 Å². The number of nitrogens with one attached hydrogen (secondary N) is 2. The van der Waals surface area contributed by atoms with Crippen molar-refractivity contribution < 1.29 is 18.0 Å². The fourth-order valence-electron chi connectivity index (χ4n) is 4.16. The summed E-state index contributed by atoms with van der Waals surface area (Å²) in [6.07, 6.45) is 1.59. The third-order valence-electron chi connectivity index (χ3n) is 6.19. The first-order chi connectivity index (χ1) is 16.4. The minimum absolute atomic E-state index is 0.127. The highest BCUT2D eigenvalue weighted by Gasteiger charge is 2.29. The van der Waals surface area contributed by atoms with Crippen LogP contribution >= 0.6 is 0 Å². The van der Waals surface area contributed by atoms with Gasteiger partial charge in [0, 0.05) is 38.2 Å². The summed E-state index contributed by atoms with van der Waals surface area (Å²) < 4.78 is 27.0. The van der Waals surface area contributed by atoms with E-state index in [2.05, 4.69) is 10.6 Å². The number of carbonyl (C=O) groups excluding carboxylic acids is 2. The Morgan fingerprint density at radius 3 is 2.26 bits per heavy atom. The lowest BCUT2D eigenvalue weighted by atomic mass is 9.98. The standard InChI is InChI=1S/C26H29N3O4S/c30-25(12-15-27-26(31)23-11-10-21-6-4-5-7-22(21)18-23)28-19-20-13-16-29(17-14-20)34(32,33)24-8-2-1-3-9-24/h1-11,18,20H,12-17,19H2,(H,27,31)(H,28,30). The molecule has 0 atom stereocenters. The van der Waals surface area contributed by atoms with Gasteiger partial charge in [0.1, 0.15) is 0 Å². The van der Waals surface area contributed by atoms with Gasteiger partial charge in [-0.25, -0.2) is 8.42 Å². The van der Waals surface area contributed by atoms with Crippen molar-refractivity contribution in [3.8, 4) is 0 Å². The molecular weight excluding hydrogens is 450 g/mol. The van der Waals surface area contributed by atoms with Crippen molar-refractivity contribution in [2.45, 2.75) is 24.2 Å². The van der Waals surface area contributed by atoms with E-state index in [0.29, 0.717) is 42.9 Å². The number of hydrogen-bond acceptors (Lipinski definition) is 4. The molecule has 2 amide bonds. The van der Waals surface area contributed by atoms with E-state index in [1.807, 2.05) is 36.4 Å². The van der Waals surface area contributed by atoms with E-state index in [1.54, 1.807) is 36.4 Å². The number of nitrogens with zero attached hydrogens (tertiary/aromatic N) is 1. The Kier molecular flexibility index (Phi) is 7.59. The first-order valence-electron chi connectivity index (χ1n) is 11.5. The average Bonchev–Trinajstić information content (AvgIpc) is 2.88. The fraction of sp³-hybridized carbons (Fsp3) is 0.308. The van der Waals surface area contributed by atoms with Crippen molar-refractivity contribution in [2.24, 2.45) is 5.92 Å². The lowest BCUT2D eigenvalue weighted by Crippen LogP contribution is -2.41. The molecule has 3 aromatic rings. The molecule has 0 aromatic heterocycles. The van der Waals surface area contributed by atoms with Gasteiger partial charge in [-0.1, -0.05) is 48.5 Å². The molecule has 1 aliphatic heterocycles. The molecule has 0 saturated carbocycles. The van der Waals surface area contributed by atoms with Crippen molar-refractivity contribution in [3.63, 3.8) is 0 Å². The number of fused-ring (bicyclic) bond motifs is 1. The Balaban J connectivity index is 1.17. The quantitative estimate of drug-likeness (QED) is 0.519. The van der Waals surface area contributed by atoms with E-state index < -0.39 is 10.0 Å². The Labute approximate surface area is 200 Å². The van der Waals surface area contributed by atoms with Crippen LogP contribution < -0.4 is 10.6 Å². The lowest BCUT2D eigenvalue weighted by Gasteiger charge is -2.31. The molecule has 1 saturated heterocycles. The summed E-state index contributed by atoms with van der Waals surface area (Å²) in [6, 6.07) is 21.8. The molecule has 2 N–H and O–H groups in total. The molecule has 0 radical (unpaired) electrons. The largest absolute Gasteiger partial charge is 0.356 e. The molecule has 0 unspecified atom stereocenters. The monoisotopic (exact) mass is 479 g/mol. The van der Waals surface area contributed by atoms with Crippen molar-refractivity contribution in [1.82, 2.24) is 14.9 Å². The summed E-state index contributed by atoms with van der Waals surface area (Å²) in [6.45, 7) is 1.65. The van der Waals surface area contributed by atoms with E-state index >= 15 is 0 Å². The second-order valence-electron chi connectivity index (χ2n) is 8.53. The topological polar surface area (TPSA) is 95.6 Å². The summed E-state index contributed by atoms with van der Waals surface area (Å²) in [5, 5.41) is 7.78. The van der Waals surface area contributed by atoms with Crippen LogP contribution in [0.25, 0.3) is 10.8 Å². The summed E-state index contributed by atoms with van der Waals surface area (Å²) in [7, 11) is -3.47. The van der Waals surface area contributed by atoms with Crippen LogP contribution in [0.1, 0.15) is 29.6 Å². The van der Waals surface area contributed by atoms with Gasteiger partial charge in [0.05, 0.1) is 4.90 Å². The number of rotatable bonds is 8. The molecule has 1 heterocycles. The molecule has 1 aliphatic rings. The molecule has 8 heteroatoms. The normalized spacial score (nSPS) is 15.2. The Hall–Kier alpha value is -3.23. The third kappa shape index (κ3) is 5.81. The zero-order chi connectivity index (χ0) is 24.0. The van der Waals surface area contributed by atoms with Crippen LogP contribution in [0.2, 0.25) is 0 Å². The maximum Gasteiger partial charge on any atom is 0.251 e. The number of sulfonamides is 1. The molecular formula is C26H29N3O4S. The molecule has 3 aromatic carbocycles. The highest BCUT2D eigenvalue weighted by molar-refractivity contribution is 7.89. The van der Waals surface area contributed by atoms with Gasteiger partial charge in [-0.2, -0.15) is 4.31 Å². The molecule has 0 spiro atoms. The number of carbonyl (C=O) groups is 2. The summed E-state index contributed by atoms with van der Waals surface area (Å²) in [5.74, 6) is -0.0953. The van der Waals surface area contributed by atoms with Crippen molar-refractivity contribution in [3.05, 3.63) is 78.4 Å². The van der Waals surface area contributed by atoms with Crippen LogP contribution in [0.15, 0.2) is 77.7 Å². The van der Waals surface area contributed by atoms with Crippen LogP contribution in [0.4, 0.5) is 0 Å². The first-order valence-corrected chi connectivity index (χ1v) is 13.0. The second-order valence-corrected chi connectivity index (χ2v) is 10.5. The van der Waals surface area contributed by atoms with Crippen LogP contribution in [-0.4, -0.2) is 50.7 Å². The molecule has 0 bridgehead atoms. The van der Waals surface area contributed by atoms with E-state index in [9.17, 15) is 18.0 Å². The maximum atomic E-state index is 12.7. The SMILES string of the molecule is O=C(CCNC(=O)c1ccc2ccccc2c1)NCC1CCN(S(=O)(=O)c2ccccc2)CC1. The van der Waals surface area contributed by atoms with Crippen LogP contribution in [0, 0.1) is 5.92 Å². The predicted octanol–water partition coefficient (Wildman–Crippen LogP) is 3.18. The summed E-state index contributed by atoms with van der Waals surface area (Å²) in [4.78, 5) is 24.9. The lowest BCUT2D eigenvalue weighted by molar-refractivity contribution is -0.121. The molecule has 1 fully saturated rings. The molecule has 4 rings (SSSR count). The van der Waals surface area contributed by atoms with Crippen LogP contribution in [0.5, 0.6) is 0 Å². The predicted molar refractivity (Wildman–Crippen MR) is 132 cm³/mol. The molecule has 178 valence electrons. The Bertz CT molecular complexity index is 1250. The summed E-state index contributed by atoms with van der Waals surface area (Å²) >= 11 is 0. The van der Waals surface area contributed by atoms with Gasteiger partial charge in [-0.3, -0.25) is 9.59 Å². The number of benzene rings is 3. The number of amides is 2. The highest BCUT2D eigenvalue weighted by atomic mass is 32.2. The highest BCUT2D eigenvalue weighted by Crippen LogP contribution is 2.23. The van der Waals surface area contributed by atoms with Gasteiger partial charge in [0.25, 0.3) is 5.91 Å². The number of hydrogen-bond donors (Lipinski definition) is 2. The smallest absolute Gasteiger partial charge is 0.251 e. The fourth-order valence-corrected chi connectivity index (χ4v) is 5.65. The molecule has 0 aliphatic carbocycles. The first kappa shape index (κ1) is 23.9. The Morgan fingerprint density at radius 1 is 0.853 bits per heavy atom. The van der Waals surface area contributed by atoms with Crippen LogP contribution in [0.3, 0.4) is 0 Å². The van der Waals surface area contributed by atoms with Gasteiger partial charge in [-0.05, 0) is 53.8 Å². The molecule has 34 heavy (non-hydrogen) atoms. The third-order valence-corrected chi connectivity index (χ3v) is 8.10. The minimum Gasteiger partial charge on any atom is -0.356 e. The van der Waals surface area contributed by atoms with Crippen molar-refractivity contribution in [1.29, 1.82) is 0 Å². The minimum atomic E-state index is -3.47. The average molecular weight is 480 g/mol. The number of piperidine rings is 1. The van der Waals surface area contributed by atoms with Gasteiger partial charge in [0.2, 0.25) is 15.9 Å². The van der Waals surface area contributed by atoms with Gasteiger partial charge in [-0.15, -0.1) is 0 Å². The zero-order valence-corrected chi connectivity index (χ0v) is 19.8. The Morgan fingerprint density at radius 2 is 1.53 bits per heavy atom. The van der Waals surface area contributed by atoms with Gasteiger partial charge < -0.3 is 10.6 Å². The van der Waals surface area contributed by atoms with Crippen molar-refractivity contribution >= 4 is 32.6 Å².